The Bertz CT molecular complexity index is 3600. The molecule has 0 aliphatic heterocycles. The Hall–Kier alpha value is -7.73. The lowest BCUT2D eigenvalue weighted by Gasteiger charge is -2.33. The highest BCUT2D eigenvalue weighted by Crippen LogP contribution is 2.49. The number of nitrogens with zero attached hydrogens (tertiary/aromatic N) is 3. The maximum atomic E-state index is 6.38. The Morgan fingerprint density at radius 2 is 1.02 bits per heavy atom. The molecular formula is C58H39N3OS. The largest absolute Gasteiger partial charge is 0.456 e. The van der Waals surface area contributed by atoms with Gasteiger partial charge in [0.15, 0.2) is 17.5 Å². The fourth-order valence-corrected chi connectivity index (χ4v) is 10.9. The van der Waals surface area contributed by atoms with Crippen molar-refractivity contribution in [2.75, 3.05) is 0 Å². The molecule has 0 saturated carbocycles. The molecule has 1 aliphatic rings. The van der Waals surface area contributed by atoms with Gasteiger partial charge in [0.2, 0.25) is 0 Å². The number of fused-ring (bicyclic) bond motifs is 6. The van der Waals surface area contributed by atoms with E-state index >= 15 is 0 Å². The third kappa shape index (κ3) is 6.57. The van der Waals surface area contributed by atoms with E-state index in [0.717, 1.165) is 60.9 Å². The summed E-state index contributed by atoms with van der Waals surface area (Å²) in [6.07, 6.45) is 5.45. The van der Waals surface area contributed by atoms with Crippen molar-refractivity contribution in [2.45, 2.75) is 18.8 Å². The van der Waals surface area contributed by atoms with Crippen molar-refractivity contribution in [3.63, 3.8) is 0 Å². The SMILES string of the molecule is CC1(c2cccc3c2sc2c(-c4ccccc4)cccc23)C=C(c2ccccc2)C=C(c2nc(-c3cccc(-c4ccccc4)c3)nc(-c3ccc4c(c3)oc3ccccc34)n2)C1. The average Bonchev–Trinajstić information content (AvgIpc) is 3.93. The highest BCUT2D eigenvalue weighted by molar-refractivity contribution is 7.26. The number of aromatic nitrogens is 3. The maximum Gasteiger partial charge on any atom is 0.164 e. The number of benzene rings is 8. The normalized spacial score (nSPS) is 15.3. The topological polar surface area (TPSA) is 51.8 Å². The molecule has 1 unspecified atom stereocenters. The zero-order chi connectivity index (χ0) is 41.9. The Balaban J connectivity index is 1.05. The predicted molar refractivity (Wildman–Crippen MR) is 263 cm³/mol. The molecule has 1 aliphatic carbocycles. The van der Waals surface area contributed by atoms with Crippen LogP contribution in [-0.4, -0.2) is 15.0 Å². The summed E-state index contributed by atoms with van der Waals surface area (Å²) in [6, 6.07) is 68.4. The van der Waals surface area contributed by atoms with E-state index in [1.54, 1.807) is 0 Å². The van der Waals surface area contributed by atoms with Crippen molar-refractivity contribution >= 4 is 64.6 Å². The van der Waals surface area contributed by atoms with Gasteiger partial charge < -0.3 is 4.42 Å². The number of thiophene rings is 1. The molecule has 0 N–H and O–H groups in total. The predicted octanol–water partition coefficient (Wildman–Crippen LogP) is 15.6. The molecule has 0 fully saturated rings. The van der Waals surface area contributed by atoms with Crippen LogP contribution < -0.4 is 0 Å². The maximum absolute atomic E-state index is 6.38. The summed E-state index contributed by atoms with van der Waals surface area (Å²) in [4.78, 5) is 16.0. The molecule has 3 aromatic heterocycles. The molecule has 0 radical (unpaired) electrons. The molecule has 0 amide bonds. The summed E-state index contributed by atoms with van der Waals surface area (Å²) < 4.78 is 8.99. The van der Waals surface area contributed by atoms with Gasteiger partial charge >= 0.3 is 0 Å². The van der Waals surface area contributed by atoms with E-state index in [4.69, 9.17) is 19.4 Å². The number of para-hydroxylation sites is 1. The van der Waals surface area contributed by atoms with Crippen LogP contribution in [0.2, 0.25) is 0 Å². The van der Waals surface area contributed by atoms with Crippen LogP contribution in [0, 0.1) is 0 Å². The Morgan fingerprint density at radius 1 is 0.444 bits per heavy atom. The van der Waals surface area contributed by atoms with Crippen LogP contribution in [0.3, 0.4) is 0 Å². The van der Waals surface area contributed by atoms with Gasteiger partial charge in [-0.2, -0.15) is 0 Å². The van der Waals surface area contributed by atoms with E-state index in [1.807, 2.05) is 35.6 Å². The summed E-state index contributed by atoms with van der Waals surface area (Å²) in [5.74, 6) is 1.88. The van der Waals surface area contributed by atoms with Crippen LogP contribution in [0.1, 0.15) is 30.3 Å². The number of hydrogen-bond acceptors (Lipinski definition) is 5. The second-order valence-corrected chi connectivity index (χ2v) is 17.6. The van der Waals surface area contributed by atoms with Gasteiger partial charge in [0.05, 0.1) is 0 Å². The molecule has 0 bridgehead atoms. The second kappa shape index (κ2) is 15.0. The lowest BCUT2D eigenvalue weighted by Crippen LogP contribution is -2.23. The van der Waals surface area contributed by atoms with E-state index in [1.165, 1.54) is 36.9 Å². The molecule has 1 atom stereocenters. The van der Waals surface area contributed by atoms with Crippen molar-refractivity contribution in [3.8, 4) is 45.0 Å². The average molecular weight is 826 g/mol. The van der Waals surface area contributed by atoms with Gasteiger partial charge in [-0.1, -0.05) is 183 Å². The van der Waals surface area contributed by atoms with Crippen LogP contribution in [0.15, 0.2) is 211 Å². The molecule has 63 heavy (non-hydrogen) atoms. The molecule has 3 heterocycles. The van der Waals surface area contributed by atoms with Gasteiger partial charge in [-0.05, 0) is 81.3 Å². The van der Waals surface area contributed by atoms with Crippen LogP contribution in [0.25, 0.3) is 98.3 Å². The minimum Gasteiger partial charge on any atom is -0.456 e. The van der Waals surface area contributed by atoms with Gasteiger partial charge in [-0.25, -0.2) is 15.0 Å². The highest BCUT2D eigenvalue weighted by Gasteiger charge is 2.34. The molecular weight excluding hydrogens is 787 g/mol. The summed E-state index contributed by atoms with van der Waals surface area (Å²) in [5.41, 5.74) is 12.4. The van der Waals surface area contributed by atoms with Crippen molar-refractivity contribution in [1.29, 1.82) is 0 Å². The van der Waals surface area contributed by atoms with Gasteiger partial charge in [0.25, 0.3) is 0 Å². The third-order valence-electron chi connectivity index (χ3n) is 12.5. The minimum absolute atomic E-state index is 0.407. The molecule has 8 aromatic carbocycles. The van der Waals surface area contributed by atoms with Gasteiger partial charge in [-0.3, -0.25) is 0 Å². The summed E-state index contributed by atoms with van der Waals surface area (Å²) in [6.45, 7) is 2.38. The minimum atomic E-state index is -0.407. The van der Waals surface area contributed by atoms with E-state index in [2.05, 4.69) is 189 Å². The summed E-state index contributed by atoms with van der Waals surface area (Å²) in [5, 5.41) is 4.72. The fraction of sp³-hybridized carbons (Fsp3) is 0.0517. The molecule has 0 spiro atoms. The second-order valence-electron chi connectivity index (χ2n) is 16.6. The van der Waals surface area contributed by atoms with Crippen molar-refractivity contribution < 1.29 is 4.42 Å². The van der Waals surface area contributed by atoms with E-state index in [0.29, 0.717) is 23.9 Å². The standard InChI is InChI=1S/C58H39N3OS/c1-58(50-28-15-27-49-48-26-14-25-45(53(48)63-54(49)50)39-20-9-4-10-21-39)35-43(38-18-7-3-8-19-38)33-44(36-58)57-60-55(41-23-13-22-40(32-41)37-16-5-2-6-17-37)59-56(61-57)42-30-31-47-46-24-11-12-29-51(46)62-52(47)34-42/h2-35H,36H2,1H3. The Labute approximate surface area is 369 Å². The number of rotatable bonds is 7. The van der Waals surface area contributed by atoms with E-state index in [-0.39, 0.29) is 0 Å². The Kier molecular flexibility index (Phi) is 8.83. The monoisotopic (exact) mass is 825 g/mol. The zero-order valence-electron chi connectivity index (χ0n) is 34.5. The van der Waals surface area contributed by atoms with Gasteiger partial charge in [-0.15, -0.1) is 11.3 Å². The fourth-order valence-electron chi connectivity index (χ4n) is 9.41. The lowest BCUT2D eigenvalue weighted by molar-refractivity contribution is 0.615. The van der Waals surface area contributed by atoms with Gasteiger partial charge in [0.1, 0.15) is 11.2 Å². The molecule has 298 valence electrons. The number of furan rings is 1. The van der Waals surface area contributed by atoms with Crippen molar-refractivity contribution in [1.82, 2.24) is 15.0 Å². The highest BCUT2D eigenvalue weighted by atomic mass is 32.1. The first-order valence-corrected chi connectivity index (χ1v) is 22.2. The van der Waals surface area contributed by atoms with Crippen LogP contribution >= 0.6 is 11.3 Å². The van der Waals surface area contributed by atoms with E-state index in [9.17, 15) is 0 Å². The molecule has 5 heteroatoms. The molecule has 11 aromatic rings. The zero-order valence-corrected chi connectivity index (χ0v) is 35.3. The quantitative estimate of drug-likeness (QED) is 0.161. The number of hydrogen-bond donors (Lipinski definition) is 0. The first-order valence-electron chi connectivity index (χ1n) is 21.4. The number of allylic oxidation sites excluding steroid dienone is 4. The van der Waals surface area contributed by atoms with Crippen LogP contribution in [-0.2, 0) is 5.41 Å². The summed E-state index contributed by atoms with van der Waals surface area (Å²) in [7, 11) is 0. The molecule has 0 saturated heterocycles. The van der Waals surface area contributed by atoms with Crippen molar-refractivity contribution in [2.24, 2.45) is 0 Å². The molecule has 12 rings (SSSR count). The summed E-state index contributed by atoms with van der Waals surface area (Å²) >= 11 is 1.90. The van der Waals surface area contributed by atoms with E-state index < -0.39 is 5.41 Å². The van der Waals surface area contributed by atoms with Crippen LogP contribution in [0.5, 0.6) is 0 Å². The molecule has 4 nitrogen and oxygen atoms in total. The third-order valence-corrected chi connectivity index (χ3v) is 13.8. The van der Waals surface area contributed by atoms with Crippen molar-refractivity contribution in [3.05, 3.63) is 223 Å². The van der Waals surface area contributed by atoms with Gasteiger partial charge in [0, 0.05) is 47.5 Å². The Morgan fingerprint density at radius 3 is 1.79 bits per heavy atom. The lowest BCUT2D eigenvalue weighted by atomic mass is 9.71. The first kappa shape index (κ1) is 37.1. The van der Waals surface area contributed by atoms with Crippen LogP contribution in [0.4, 0.5) is 0 Å². The first-order chi connectivity index (χ1) is 31.0. The smallest absolute Gasteiger partial charge is 0.164 e.